The Morgan fingerprint density at radius 1 is 1.00 bits per heavy atom. The van der Waals surface area contributed by atoms with Gasteiger partial charge in [0, 0.05) is 0 Å². The number of para-hydroxylation sites is 1. The van der Waals surface area contributed by atoms with Gasteiger partial charge in [-0.15, -0.1) is 5.10 Å². The van der Waals surface area contributed by atoms with Gasteiger partial charge in [0.25, 0.3) is 0 Å². The molecule has 5 heteroatoms. The summed E-state index contributed by atoms with van der Waals surface area (Å²) >= 11 is 3.45. The van der Waals surface area contributed by atoms with E-state index in [4.69, 9.17) is 4.74 Å². The smallest absolute Gasteiger partial charge is 0.341 e. The SMILES string of the molecule is Cc1ccc(Oc2nnc3ccccc3n2)c(Br)c1. The standard InChI is InChI=1S/C14H10BrN3O/c1-9-6-7-13(10(15)8-9)19-14-16-11-4-2-3-5-12(11)17-18-14/h2-8H,1H3. The van der Waals surface area contributed by atoms with E-state index in [-0.39, 0.29) is 6.01 Å². The van der Waals surface area contributed by atoms with Gasteiger partial charge in [-0.05, 0) is 52.7 Å². The third-order valence-electron chi connectivity index (χ3n) is 2.63. The van der Waals surface area contributed by atoms with Crippen LogP contribution in [0.2, 0.25) is 0 Å². The first kappa shape index (κ1) is 12.0. The molecule has 3 rings (SSSR count). The number of hydrogen-bond donors (Lipinski definition) is 0. The summed E-state index contributed by atoms with van der Waals surface area (Å²) in [5.41, 5.74) is 2.66. The Bertz CT molecular complexity index is 746. The molecule has 0 saturated carbocycles. The summed E-state index contributed by atoms with van der Waals surface area (Å²) in [6.07, 6.45) is 0. The van der Waals surface area contributed by atoms with E-state index in [1.807, 2.05) is 49.4 Å². The highest BCUT2D eigenvalue weighted by Gasteiger charge is 2.06. The predicted molar refractivity (Wildman–Crippen MR) is 76.3 cm³/mol. The van der Waals surface area contributed by atoms with E-state index < -0.39 is 0 Å². The lowest BCUT2D eigenvalue weighted by atomic mass is 10.2. The van der Waals surface area contributed by atoms with Crippen LogP contribution >= 0.6 is 15.9 Å². The zero-order chi connectivity index (χ0) is 13.2. The Balaban J connectivity index is 1.96. The molecule has 3 aromatic rings. The number of aromatic nitrogens is 3. The van der Waals surface area contributed by atoms with Crippen LogP contribution in [0.1, 0.15) is 5.56 Å². The van der Waals surface area contributed by atoms with E-state index in [9.17, 15) is 0 Å². The quantitative estimate of drug-likeness (QED) is 0.720. The molecular formula is C14H10BrN3O. The molecule has 0 aliphatic carbocycles. The molecule has 0 spiro atoms. The second-order valence-corrected chi connectivity index (χ2v) is 4.97. The third kappa shape index (κ3) is 2.56. The Labute approximate surface area is 118 Å². The van der Waals surface area contributed by atoms with Crippen LogP contribution in [0.4, 0.5) is 0 Å². The van der Waals surface area contributed by atoms with E-state index in [0.29, 0.717) is 5.75 Å². The number of hydrogen-bond acceptors (Lipinski definition) is 4. The van der Waals surface area contributed by atoms with Crippen LogP contribution in [0.5, 0.6) is 11.8 Å². The number of aryl methyl sites for hydroxylation is 1. The first-order chi connectivity index (χ1) is 9.22. The molecule has 0 N–H and O–H groups in total. The molecule has 0 radical (unpaired) electrons. The molecule has 0 amide bonds. The van der Waals surface area contributed by atoms with Crippen LogP contribution in [-0.4, -0.2) is 15.2 Å². The number of benzene rings is 2. The van der Waals surface area contributed by atoms with E-state index in [0.717, 1.165) is 21.1 Å². The minimum atomic E-state index is 0.239. The first-order valence-corrected chi connectivity index (χ1v) is 6.55. The average molecular weight is 316 g/mol. The van der Waals surface area contributed by atoms with Crippen molar-refractivity contribution in [3.05, 3.63) is 52.5 Å². The van der Waals surface area contributed by atoms with Gasteiger partial charge in [0.15, 0.2) is 0 Å². The lowest BCUT2D eigenvalue weighted by Crippen LogP contribution is -1.95. The minimum absolute atomic E-state index is 0.239. The molecule has 1 aromatic heterocycles. The van der Waals surface area contributed by atoms with Crippen LogP contribution < -0.4 is 4.74 Å². The molecule has 19 heavy (non-hydrogen) atoms. The number of rotatable bonds is 2. The maximum absolute atomic E-state index is 5.64. The summed E-state index contributed by atoms with van der Waals surface area (Å²) < 4.78 is 6.51. The first-order valence-electron chi connectivity index (χ1n) is 5.76. The largest absolute Gasteiger partial charge is 0.422 e. The van der Waals surface area contributed by atoms with Gasteiger partial charge in [-0.3, -0.25) is 0 Å². The van der Waals surface area contributed by atoms with Crippen molar-refractivity contribution in [2.45, 2.75) is 6.92 Å². The van der Waals surface area contributed by atoms with Gasteiger partial charge in [0.05, 0.1) is 9.99 Å². The van der Waals surface area contributed by atoms with Crippen molar-refractivity contribution in [1.29, 1.82) is 0 Å². The van der Waals surface area contributed by atoms with Crippen LogP contribution in [0.15, 0.2) is 46.9 Å². The van der Waals surface area contributed by atoms with Crippen molar-refractivity contribution in [1.82, 2.24) is 15.2 Å². The fourth-order valence-corrected chi connectivity index (χ4v) is 2.27. The number of fused-ring (bicyclic) bond motifs is 1. The lowest BCUT2D eigenvalue weighted by Gasteiger charge is -2.06. The molecule has 0 bridgehead atoms. The van der Waals surface area contributed by atoms with Gasteiger partial charge in [-0.2, -0.15) is 4.98 Å². The fourth-order valence-electron chi connectivity index (χ4n) is 1.70. The van der Waals surface area contributed by atoms with Crippen LogP contribution in [0.25, 0.3) is 11.0 Å². The summed E-state index contributed by atoms with van der Waals surface area (Å²) in [7, 11) is 0. The van der Waals surface area contributed by atoms with Gasteiger partial charge < -0.3 is 4.74 Å². The molecule has 0 saturated heterocycles. The molecule has 2 aromatic carbocycles. The number of nitrogens with zero attached hydrogens (tertiary/aromatic N) is 3. The molecule has 0 aliphatic heterocycles. The monoisotopic (exact) mass is 315 g/mol. The Hall–Kier alpha value is -2.01. The summed E-state index contributed by atoms with van der Waals surface area (Å²) in [5, 5.41) is 8.03. The summed E-state index contributed by atoms with van der Waals surface area (Å²) in [5.74, 6) is 0.669. The third-order valence-corrected chi connectivity index (χ3v) is 3.25. The Morgan fingerprint density at radius 3 is 2.58 bits per heavy atom. The predicted octanol–water partition coefficient (Wildman–Crippen LogP) is 3.89. The van der Waals surface area contributed by atoms with Gasteiger partial charge in [-0.25, -0.2) is 0 Å². The molecule has 0 aliphatic rings. The van der Waals surface area contributed by atoms with Crippen molar-refractivity contribution in [3.8, 4) is 11.8 Å². The number of halogens is 1. The Morgan fingerprint density at radius 2 is 1.79 bits per heavy atom. The minimum Gasteiger partial charge on any atom is -0.422 e. The van der Waals surface area contributed by atoms with Crippen molar-refractivity contribution >= 4 is 27.0 Å². The highest BCUT2D eigenvalue weighted by Crippen LogP contribution is 2.28. The molecule has 0 atom stereocenters. The molecule has 0 unspecified atom stereocenters. The second kappa shape index (κ2) is 4.93. The van der Waals surface area contributed by atoms with Gasteiger partial charge >= 0.3 is 6.01 Å². The summed E-state index contributed by atoms with van der Waals surface area (Å²) in [6, 6.07) is 13.6. The van der Waals surface area contributed by atoms with Crippen molar-refractivity contribution < 1.29 is 4.74 Å². The Kier molecular flexibility index (Phi) is 3.13. The zero-order valence-electron chi connectivity index (χ0n) is 10.2. The average Bonchev–Trinajstić information content (AvgIpc) is 2.42. The lowest BCUT2D eigenvalue weighted by molar-refractivity contribution is 0.434. The molecular weight excluding hydrogens is 306 g/mol. The normalized spacial score (nSPS) is 10.6. The van der Waals surface area contributed by atoms with Crippen LogP contribution in [0, 0.1) is 6.92 Å². The van der Waals surface area contributed by atoms with Gasteiger partial charge in [-0.1, -0.05) is 23.3 Å². The van der Waals surface area contributed by atoms with Crippen LogP contribution in [0.3, 0.4) is 0 Å². The molecule has 0 fully saturated rings. The van der Waals surface area contributed by atoms with Crippen molar-refractivity contribution in [2.24, 2.45) is 0 Å². The number of ether oxygens (including phenoxy) is 1. The molecule has 94 valence electrons. The fraction of sp³-hybridized carbons (Fsp3) is 0.0714. The molecule has 1 heterocycles. The highest BCUT2D eigenvalue weighted by molar-refractivity contribution is 9.10. The van der Waals surface area contributed by atoms with E-state index in [1.54, 1.807) is 0 Å². The van der Waals surface area contributed by atoms with Gasteiger partial charge in [0.1, 0.15) is 11.3 Å². The van der Waals surface area contributed by atoms with Crippen molar-refractivity contribution in [3.63, 3.8) is 0 Å². The van der Waals surface area contributed by atoms with E-state index in [2.05, 4.69) is 31.1 Å². The van der Waals surface area contributed by atoms with Crippen molar-refractivity contribution in [2.75, 3.05) is 0 Å². The zero-order valence-corrected chi connectivity index (χ0v) is 11.8. The summed E-state index contributed by atoms with van der Waals surface area (Å²) in [6.45, 7) is 2.02. The van der Waals surface area contributed by atoms with E-state index in [1.165, 1.54) is 0 Å². The van der Waals surface area contributed by atoms with Crippen LogP contribution in [-0.2, 0) is 0 Å². The van der Waals surface area contributed by atoms with Gasteiger partial charge in [0.2, 0.25) is 0 Å². The maximum Gasteiger partial charge on any atom is 0.341 e. The summed E-state index contributed by atoms with van der Waals surface area (Å²) in [4.78, 5) is 4.32. The highest BCUT2D eigenvalue weighted by atomic mass is 79.9. The maximum atomic E-state index is 5.64. The van der Waals surface area contributed by atoms with E-state index >= 15 is 0 Å². The molecule has 4 nitrogen and oxygen atoms in total. The second-order valence-electron chi connectivity index (χ2n) is 4.12. The topological polar surface area (TPSA) is 47.9 Å².